The smallest absolute Gasteiger partial charge is 0.164 e. The van der Waals surface area contributed by atoms with Crippen molar-refractivity contribution in [3.8, 4) is 0 Å². The minimum Gasteiger partial charge on any atom is -0.381 e. The lowest BCUT2D eigenvalue weighted by atomic mass is 10.6. The van der Waals surface area contributed by atoms with Crippen LogP contribution in [0, 0.1) is 0 Å². The summed E-state index contributed by atoms with van der Waals surface area (Å²) in [5.41, 5.74) is 5.37. The van der Waals surface area contributed by atoms with Crippen molar-refractivity contribution in [2.24, 2.45) is 0 Å². The Kier molecular flexibility index (Phi) is 1.97. The van der Waals surface area contributed by atoms with Gasteiger partial charge in [0.05, 0.1) is 6.54 Å². The number of anilines is 1. The Balaban J connectivity index is 2.86. The molecule has 0 fully saturated rings. The molecule has 10 heavy (non-hydrogen) atoms. The quantitative estimate of drug-likeness (QED) is 0.658. The van der Waals surface area contributed by atoms with Crippen LogP contribution in [-0.4, -0.2) is 9.78 Å². The lowest BCUT2D eigenvalue weighted by molar-refractivity contribution is 0.706. The van der Waals surface area contributed by atoms with E-state index in [0.717, 1.165) is 0 Å². The van der Waals surface area contributed by atoms with Crippen LogP contribution in [0.3, 0.4) is 0 Å². The van der Waals surface area contributed by atoms with E-state index in [9.17, 15) is 0 Å². The van der Waals surface area contributed by atoms with Gasteiger partial charge in [-0.1, -0.05) is 17.7 Å². The monoisotopic (exact) mass is 157 g/mol. The van der Waals surface area contributed by atoms with Crippen LogP contribution in [0.2, 0.25) is 5.02 Å². The molecule has 0 aliphatic carbocycles. The average molecular weight is 158 g/mol. The molecule has 3 nitrogen and oxygen atoms in total. The lowest BCUT2D eigenvalue weighted by Crippen LogP contribution is -1.96. The maximum Gasteiger partial charge on any atom is 0.164 e. The number of aromatic nitrogens is 2. The molecule has 1 rings (SSSR count). The summed E-state index contributed by atoms with van der Waals surface area (Å²) in [6, 6.07) is 0. The van der Waals surface area contributed by atoms with Gasteiger partial charge < -0.3 is 5.73 Å². The molecule has 2 N–H and O–H groups in total. The fourth-order valence-electron chi connectivity index (χ4n) is 0.638. The number of hydrogen-bond donors (Lipinski definition) is 1. The molecule has 1 aromatic heterocycles. The van der Waals surface area contributed by atoms with Crippen molar-refractivity contribution in [3.05, 3.63) is 23.9 Å². The van der Waals surface area contributed by atoms with Crippen molar-refractivity contribution in [1.82, 2.24) is 9.78 Å². The largest absolute Gasteiger partial charge is 0.381 e. The number of nitrogen functional groups attached to an aromatic ring is 1. The maximum absolute atomic E-state index is 5.62. The SMILES string of the molecule is C=CCn1cc(Cl)c(N)n1. The second kappa shape index (κ2) is 2.75. The van der Waals surface area contributed by atoms with Crippen molar-refractivity contribution in [3.63, 3.8) is 0 Å². The van der Waals surface area contributed by atoms with Crippen molar-refractivity contribution in [2.75, 3.05) is 5.73 Å². The van der Waals surface area contributed by atoms with Gasteiger partial charge >= 0.3 is 0 Å². The molecule has 0 unspecified atom stereocenters. The zero-order chi connectivity index (χ0) is 7.56. The van der Waals surface area contributed by atoms with Gasteiger partial charge in [0, 0.05) is 6.20 Å². The zero-order valence-electron chi connectivity index (χ0n) is 5.42. The van der Waals surface area contributed by atoms with Gasteiger partial charge in [-0.2, -0.15) is 5.10 Å². The van der Waals surface area contributed by atoms with Crippen molar-refractivity contribution >= 4 is 17.4 Å². The number of allylic oxidation sites excluding steroid dienone is 1. The third kappa shape index (κ3) is 1.30. The Morgan fingerprint density at radius 2 is 2.60 bits per heavy atom. The van der Waals surface area contributed by atoms with E-state index in [1.807, 2.05) is 0 Å². The Labute approximate surface area is 64.1 Å². The molecule has 0 saturated heterocycles. The Bertz CT molecular complexity index is 222. The predicted octanol–water partition coefficient (Wildman–Crippen LogP) is 1.30. The van der Waals surface area contributed by atoms with Gasteiger partial charge in [0.15, 0.2) is 5.82 Å². The molecule has 0 saturated carbocycles. The van der Waals surface area contributed by atoms with Crippen molar-refractivity contribution < 1.29 is 0 Å². The summed E-state index contributed by atoms with van der Waals surface area (Å²) < 4.78 is 1.63. The minimum atomic E-state index is 0.364. The highest BCUT2D eigenvalue weighted by atomic mass is 35.5. The van der Waals surface area contributed by atoms with Gasteiger partial charge in [0.1, 0.15) is 5.02 Å². The molecule has 0 aromatic carbocycles. The van der Waals surface area contributed by atoms with E-state index in [2.05, 4.69) is 11.7 Å². The van der Waals surface area contributed by atoms with Crippen LogP contribution >= 0.6 is 11.6 Å². The highest BCUT2D eigenvalue weighted by molar-refractivity contribution is 6.32. The normalized spacial score (nSPS) is 9.70. The van der Waals surface area contributed by atoms with Crippen LogP contribution in [-0.2, 0) is 6.54 Å². The van der Waals surface area contributed by atoms with Gasteiger partial charge in [-0.15, -0.1) is 6.58 Å². The fourth-order valence-corrected chi connectivity index (χ4v) is 0.788. The molecular formula is C6H8ClN3. The summed E-state index contributed by atoms with van der Waals surface area (Å²) in [6.07, 6.45) is 3.39. The minimum absolute atomic E-state index is 0.364. The van der Waals surface area contributed by atoms with E-state index in [0.29, 0.717) is 17.4 Å². The summed E-state index contributed by atoms with van der Waals surface area (Å²) in [6.45, 7) is 4.19. The second-order valence-corrected chi connectivity index (χ2v) is 2.28. The van der Waals surface area contributed by atoms with Crippen LogP contribution < -0.4 is 5.73 Å². The van der Waals surface area contributed by atoms with Crippen LogP contribution in [0.5, 0.6) is 0 Å². The van der Waals surface area contributed by atoms with Crippen molar-refractivity contribution in [1.29, 1.82) is 0 Å². The molecule has 0 amide bonds. The molecule has 0 aliphatic heterocycles. The highest BCUT2D eigenvalue weighted by Crippen LogP contribution is 2.14. The van der Waals surface area contributed by atoms with Crippen molar-refractivity contribution in [2.45, 2.75) is 6.54 Å². The first kappa shape index (κ1) is 7.15. The first-order valence-electron chi connectivity index (χ1n) is 2.83. The molecule has 0 atom stereocenters. The Morgan fingerprint density at radius 3 is 3.00 bits per heavy atom. The van der Waals surface area contributed by atoms with Crippen LogP contribution in [0.25, 0.3) is 0 Å². The number of nitrogens with zero attached hydrogens (tertiary/aromatic N) is 2. The third-order valence-corrected chi connectivity index (χ3v) is 1.35. The number of nitrogens with two attached hydrogens (primary N) is 1. The summed E-state index contributed by atoms with van der Waals surface area (Å²) >= 11 is 5.62. The topological polar surface area (TPSA) is 43.8 Å². The molecule has 0 radical (unpaired) electrons. The molecule has 0 bridgehead atoms. The standard InChI is InChI=1S/C6H8ClN3/c1-2-3-10-4-5(7)6(8)9-10/h2,4H,1,3H2,(H2,8,9). The van der Waals surface area contributed by atoms with E-state index in [1.54, 1.807) is 17.0 Å². The molecular weight excluding hydrogens is 150 g/mol. The van der Waals surface area contributed by atoms with Gasteiger partial charge in [-0.25, -0.2) is 0 Å². The summed E-state index contributed by atoms with van der Waals surface area (Å²) in [5, 5.41) is 4.38. The summed E-state index contributed by atoms with van der Waals surface area (Å²) in [5.74, 6) is 0.364. The highest BCUT2D eigenvalue weighted by Gasteiger charge is 1.99. The molecule has 1 aromatic rings. The van der Waals surface area contributed by atoms with Gasteiger partial charge in [-0.05, 0) is 0 Å². The van der Waals surface area contributed by atoms with Gasteiger partial charge in [0.25, 0.3) is 0 Å². The fraction of sp³-hybridized carbons (Fsp3) is 0.167. The number of halogens is 1. The molecule has 4 heteroatoms. The van der Waals surface area contributed by atoms with Gasteiger partial charge in [-0.3, -0.25) is 4.68 Å². The molecule has 54 valence electrons. The van der Waals surface area contributed by atoms with E-state index in [1.165, 1.54) is 0 Å². The van der Waals surface area contributed by atoms with Crippen LogP contribution in [0.4, 0.5) is 5.82 Å². The Morgan fingerprint density at radius 1 is 1.90 bits per heavy atom. The average Bonchev–Trinajstić information content (AvgIpc) is 2.14. The first-order valence-corrected chi connectivity index (χ1v) is 3.21. The van der Waals surface area contributed by atoms with E-state index in [-0.39, 0.29) is 0 Å². The lowest BCUT2D eigenvalue weighted by Gasteiger charge is -1.90. The Hall–Kier alpha value is -0.960. The van der Waals surface area contributed by atoms with E-state index >= 15 is 0 Å². The van der Waals surface area contributed by atoms with E-state index in [4.69, 9.17) is 17.3 Å². The van der Waals surface area contributed by atoms with Gasteiger partial charge in [0.2, 0.25) is 0 Å². The maximum atomic E-state index is 5.62. The number of hydrogen-bond acceptors (Lipinski definition) is 2. The number of rotatable bonds is 2. The molecule has 0 aliphatic rings. The second-order valence-electron chi connectivity index (χ2n) is 1.87. The predicted molar refractivity (Wildman–Crippen MR) is 41.8 cm³/mol. The summed E-state index contributed by atoms with van der Waals surface area (Å²) in [7, 11) is 0. The summed E-state index contributed by atoms with van der Waals surface area (Å²) in [4.78, 5) is 0. The third-order valence-electron chi connectivity index (χ3n) is 1.06. The first-order chi connectivity index (χ1) is 4.74. The van der Waals surface area contributed by atoms with Crippen LogP contribution in [0.1, 0.15) is 0 Å². The van der Waals surface area contributed by atoms with E-state index < -0.39 is 0 Å². The molecule has 1 heterocycles. The van der Waals surface area contributed by atoms with Crippen LogP contribution in [0.15, 0.2) is 18.9 Å². The molecule has 0 spiro atoms. The zero-order valence-corrected chi connectivity index (χ0v) is 6.17.